The van der Waals surface area contributed by atoms with E-state index in [9.17, 15) is 39.4 Å². The second-order valence-corrected chi connectivity index (χ2v) is 12.4. The van der Waals surface area contributed by atoms with Crippen molar-refractivity contribution < 1.29 is 48.7 Å². The fourth-order valence-electron chi connectivity index (χ4n) is 3.29. The molecule has 53 heavy (non-hydrogen) atoms. The number of carbonyl (C=O) groups excluding carboxylic acids is 2. The van der Waals surface area contributed by atoms with Gasteiger partial charge >= 0.3 is 35.3 Å². The molecule has 20 heteroatoms. The zero-order chi connectivity index (χ0) is 39.4. The van der Waals surface area contributed by atoms with E-state index in [4.69, 9.17) is 37.0 Å². The monoisotopic (exact) mass is 790 g/mol. The Labute approximate surface area is 318 Å². The molecular formula is C33H48Cl2N6O12. The van der Waals surface area contributed by atoms with Gasteiger partial charge in [0, 0.05) is 50.5 Å². The number of aromatic nitrogens is 2. The Kier molecular flexibility index (Phi) is 25.3. The first-order valence-corrected chi connectivity index (χ1v) is 15.5. The molecule has 2 heterocycles. The number of nitrogens with one attached hydrogen (secondary N) is 1. The first-order valence-electron chi connectivity index (χ1n) is 15.2. The Balaban J connectivity index is -0.000000759. The van der Waals surface area contributed by atoms with Crippen LogP contribution in [0.15, 0.2) is 48.8 Å². The van der Waals surface area contributed by atoms with Crippen molar-refractivity contribution in [2.75, 3.05) is 18.4 Å². The Morgan fingerprint density at radius 3 is 1.62 bits per heavy atom. The molecule has 2 aromatic rings. The van der Waals surface area contributed by atoms with E-state index in [0.29, 0.717) is 25.8 Å². The van der Waals surface area contributed by atoms with Crippen LogP contribution >= 0.6 is 24.0 Å². The molecule has 2 rings (SSSR count). The third kappa shape index (κ3) is 24.6. The number of rotatable bonds is 14. The van der Waals surface area contributed by atoms with Crippen LogP contribution in [0.5, 0.6) is 0 Å². The lowest BCUT2D eigenvalue weighted by molar-refractivity contribution is -0.385. The van der Waals surface area contributed by atoms with E-state index in [1.165, 1.54) is 0 Å². The molecule has 0 aliphatic rings. The number of ether oxygens (including phenoxy) is 2. The number of esters is 2. The summed E-state index contributed by atoms with van der Waals surface area (Å²) in [4.78, 5) is 70.8. The molecule has 0 aliphatic carbocycles. The summed E-state index contributed by atoms with van der Waals surface area (Å²) < 4.78 is 10.3. The lowest BCUT2D eigenvalue weighted by atomic mass is 10.2. The van der Waals surface area contributed by atoms with Crippen molar-refractivity contribution in [1.29, 1.82) is 0 Å². The van der Waals surface area contributed by atoms with Crippen molar-refractivity contribution >= 4 is 65.1 Å². The van der Waals surface area contributed by atoms with E-state index in [0.717, 1.165) is 24.5 Å². The SMILES string of the molecule is C.CC(C)(C)OC(=O)CC/C=C/CN.CC(C)(C)OC(=O)CC/C=C/CNc1ncc(C(=O)O)cc1[N+](=O)[O-].Cl.O=C(O)c1cnc(Cl)c([N+](=O)[O-])c1. The molecule has 0 radical (unpaired) electrons. The van der Waals surface area contributed by atoms with Gasteiger partial charge in [-0.05, 0) is 54.4 Å². The number of pyridine rings is 2. The first kappa shape index (κ1) is 52.2. The van der Waals surface area contributed by atoms with Gasteiger partial charge in [-0.1, -0.05) is 43.3 Å². The zero-order valence-corrected chi connectivity index (χ0v) is 31.1. The predicted molar refractivity (Wildman–Crippen MR) is 201 cm³/mol. The molecule has 0 fully saturated rings. The Morgan fingerprint density at radius 1 is 0.811 bits per heavy atom. The molecule has 0 atom stereocenters. The van der Waals surface area contributed by atoms with Crippen LogP contribution < -0.4 is 11.1 Å². The summed E-state index contributed by atoms with van der Waals surface area (Å²) in [7, 11) is 0. The molecule has 0 bridgehead atoms. The number of hydrogen-bond acceptors (Lipinski definition) is 14. The number of allylic oxidation sites excluding steroid dienone is 2. The van der Waals surface area contributed by atoms with Gasteiger partial charge < -0.3 is 30.7 Å². The number of hydrogen-bond donors (Lipinski definition) is 4. The zero-order valence-electron chi connectivity index (χ0n) is 29.5. The molecule has 0 saturated heterocycles. The van der Waals surface area contributed by atoms with Crippen molar-refractivity contribution in [3.63, 3.8) is 0 Å². The average molecular weight is 792 g/mol. The highest BCUT2D eigenvalue weighted by Crippen LogP contribution is 2.23. The van der Waals surface area contributed by atoms with Crippen LogP contribution in [0.2, 0.25) is 5.15 Å². The van der Waals surface area contributed by atoms with Gasteiger partial charge in [0.25, 0.3) is 0 Å². The molecule has 0 unspecified atom stereocenters. The fourth-order valence-corrected chi connectivity index (χ4v) is 3.46. The largest absolute Gasteiger partial charge is 0.478 e. The first-order chi connectivity index (χ1) is 23.6. The fraction of sp³-hybridized carbons (Fsp3) is 0.455. The van der Waals surface area contributed by atoms with E-state index in [1.54, 1.807) is 32.9 Å². The van der Waals surface area contributed by atoms with Gasteiger partial charge in [0.1, 0.15) is 11.2 Å². The van der Waals surface area contributed by atoms with Crippen LogP contribution in [-0.4, -0.2) is 78.2 Å². The predicted octanol–water partition coefficient (Wildman–Crippen LogP) is 6.80. The van der Waals surface area contributed by atoms with E-state index in [-0.39, 0.29) is 72.4 Å². The maximum absolute atomic E-state index is 11.5. The molecule has 2 aromatic heterocycles. The Morgan fingerprint density at radius 2 is 1.23 bits per heavy atom. The minimum atomic E-state index is -1.29. The maximum Gasteiger partial charge on any atom is 0.337 e. The average Bonchev–Trinajstić information content (AvgIpc) is 2.99. The van der Waals surface area contributed by atoms with Gasteiger partial charge in [0.05, 0.1) is 21.0 Å². The summed E-state index contributed by atoms with van der Waals surface area (Å²) in [6.45, 7) is 11.7. The highest BCUT2D eigenvalue weighted by Gasteiger charge is 2.19. The van der Waals surface area contributed by atoms with Gasteiger partial charge in [-0.3, -0.25) is 29.8 Å². The van der Waals surface area contributed by atoms with Crippen molar-refractivity contribution in [1.82, 2.24) is 9.97 Å². The number of carboxylic acids is 2. The van der Waals surface area contributed by atoms with Crippen molar-refractivity contribution in [2.45, 2.75) is 85.9 Å². The van der Waals surface area contributed by atoms with E-state index < -0.39 is 38.8 Å². The highest BCUT2D eigenvalue weighted by atomic mass is 35.5. The minimum Gasteiger partial charge on any atom is -0.478 e. The number of nitro groups is 2. The van der Waals surface area contributed by atoms with Crippen molar-refractivity contribution in [2.24, 2.45) is 5.73 Å². The molecule has 0 aromatic carbocycles. The standard InChI is InChI=1S/C16H21N3O6.C10H19NO2.C6H3ClN2O4.CH4.ClH/c1-16(2,3)25-13(20)7-5-4-6-8-17-14-12(19(23)24)9-11(10-18-14)15(21)22;1-10(2,3)13-9(12)7-5-4-6-8-11;7-5-4(9(12)13)1-3(2-8-5)6(10)11;;/h4,6,9-10H,5,7-8H2,1-3H3,(H,17,18)(H,21,22);4,6H,5,7-8,11H2,1-3H3;1-2H,(H,10,11);1H4;1H/b2*6-4+;;;. The second kappa shape index (κ2) is 25.7. The number of nitrogens with two attached hydrogens (primary N) is 1. The summed E-state index contributed by atoms with van der Waals surface area (Å²) in [5, 5.41) is 41.0. The summed E-state index contributed by atoms with van der Waals surface area (Å²) in [5.41, 5.74) is 2.89. The third-order valence-corrected chi connectivity index (χ3v) is 5.59. The molecule has 0 spiro atoms. The minimum absolute atomic E-state index is 0. The quantitative estimate of drug-likeness (QED) is 0.0503. The molecule has 18 nitrogen and oxygen atoms in total. The van der Waals surface area contributed by atoms with Crippen molar-refractivity contribution in [3.8, 4) is 0 Å². The lowest BCUT2D eigenvalue weighted by Gasteiger charge is -2.19. The summed E-state index contributed by atoms with van der Waals surface area (Å²) >= 11 is 5.35. The number of aromatic carboxylic acids is 2. The van der Waals surface area contributed by atoms with E-state index in [2.05, 4.69) is 15.3 Å². The van der Waals surface area contributed by atoms with E-state index >= 15 is 0 Å². The number of carbonyl (C=O) groups is 4. The molecule has 0 amide bonds. The molecule has 0 aliphatic heterocycles. The summed E-state index contributed by atoms with van der Waals surface area (Å²) in [6.07, 6.45) is 11.0. The second-order valence-electron chi connectivity index (χ2n) is 12.1. The van der Waals surface area contributed by atoms with Gasteiger partial charge in [-0.15, -0.1) is 12.4 Å². The summed E-state index contributed by atoms with van der Waals surface area (Å²) in [6, 6.07) is 1.81. The number of carboxylic acid groups (broad SMARTS) is 2. The van der Waals surface area contributed by atoms with E-state index in [1.807, 2.05) is 32.9 Å². The van der Waals surface area contributed by atoms with Gasteiger partial charge in [-0.2, -0.15) is 0 Å². The summed E-state index contributed by atoms with van der Waals surface area (Å²) in [5.74, 6) is -3.05. The van der Waals surface area contributed by atoms with Crippen LogP contribution in [0, 0.1) is 20.2 Å². The van der Waals surface area contributed by atoms with Crippen LogP contribution in [-0.2, 0) is 19.1 Å². The maximum atomic E-state index is 11.5. The van der Waals surface area contributed by atoms with Crippen LogP contribution in [0.1, 0.15) is 95.4 Å². The van der Waals surface area contributed by atoms with Gasteiger partial charge in [-0.25, -0.2) is 19.6 Å². The highest BCUT2D eigenvalue weighted by molar-refractivity contribution is 6.31. The van der Waals surface area contributed by atoms with Crippen molar-refractivity contribution in [3.05, 3.63) is 85.3 Å². The molecule has 0 saturated carbocycles. The molecule has 296 valence electrons. The Hall–Kier alpha value is -5.20. The van der Waals surface area contributed by atoms with Gasteiger partial charge in [0.2, 0.25) is 11.0 Å². The molecule has 5 N–H and O–H groups in total. The number of anilines is 1. The normalized spacial score (nSPS) is 10.6. The smallest absolute Gasteiger partial charge is 0.337 e. The topological polar surface area (TPSA) is 277 Å². The molecular weight excluding hydrogens is 743 g/mol. The number of halogens is 2. The lowest BCUT2D eigenvalue weighted by Crippen LogP contribution is -2.23. The van der Waals surface area contributed by atoms with Crippen LogP contribution in [0.4, 0.5) is 17.2 Å². The third-order valence-electron chi connectivity index (χ3n) is 5.30. The van der Waals surface area contributed by atoms with Gasteiger partial charge in [0.15, 0.2) is 0 Å². The number of nitrogens with zero attached hydrogens (tertiary/aromatic N) is 4. The van der Waals surface area contributed by atoms with Crippen LogP contribution in [0.3, 0.4) is 0 Å². The Bertz CT molecular complexity index is 1590. The van der Waals surface area contributed by atoms with Crippen LogP contribution in [0.25, 0.3) is 0 Å².